The number of amides is 1. The Balaban J connectivity index is 1.83. The number of carbonyl (C=O) groups is 2. The standard InChI is InChI=1S/C23H16BrFN2O3/c24-17-7-5-15(6-8-17)21(28)19-20(16-2-1-11-26-12-16)27(23(30)22(19)29)13-14-3-9-18(25)10-4-14/h1-12,20,28H,13H2/b21-19-. The molecular formula is C23H16BrFN2O3. The molecule has 0 spiro atoms. The van der Waals surface area contributed by atoms with Gasteiger partial charge in [0.25, 0.3) is 11.7 Å². The lowest BCUT2D eigenvalue weighted by Crippen LogP contribution is -2.29. The Morgan fingerprint density at radius 3 is 2.40 bits per heavy atom. The maximum Gasteiger partial charge on any atom is 0.295 e. The van der Waals surface area contributed by atoms with Gasteiger partial charge in [0.2, 0.25) is 0 Å². The van der Waals surface area contributed by atoms with E-state index in [1.807, 2.05) is 0 Å². The van der Waals surface area contributed by atoms with Crippen LogP contribution in [0.25, 0.3) is 5.76 Å². The Kier molecular flexibility index (Phi) is 5.46. The Hall–Kier alpha value is -3.32. The highest BCUT2D eigenvalue weighted by molar-refractivity contribution is 9.10. The number of rotatable bonds is 4. The molecule has 0 bridgehead atoms. The molecule has 0 radical (unpaired) electrons. The van der Waals surface area contributed by atoms with E-state index < -0.39 is 17.7 Å². The molecule has 30 heavy (non-hydrogen) atoms. The van der Waals surface area contributed by atoms with Crippen molar-refractivity contribution in [1.82, 2.24) is 9.88 Å². The van der Waals surface area contributed by atoms with Gasteiger partial charge in [0.1, 0.15) is 11.6 Å². The number of aromatic nitrogens is 1. The van der Waals surface area contributed by atoms with E-state index in [-0.39, 0.29) is 23.7 Å². The predicted octanol–water partition coefficient (Wildman–Crippen LogP) is 4.61. The van der Waals surface area contributed by atoms with Crippen molar-refractivity contribution < 1.29 is 19.1 Å². The van der Waals surface area contributed by atoms with Crippen molar-refractivity contribution in [2.75, 3.05) is 0 Å². The van der Waals surface area contributed by atoms with E-state index in [0.29, 0.717) is 16.7 Å². The Bertz CT molecular complexity index is 1130. The van der Waals surface area contributed by atoms with Gasteiger partial charge >= 0.3 is 0 Å². The quantitative estimate of drug-likeness (QED) is 0.346. The number of halogens is 2. The van der Waals surface area contributed by atoms with Crippen LogP contribution in [0, 0.1) is 5.82 Å². The predicted molar refractivity (Wildman–Crippen MR) is 113 cm³/mol. The van der Waals surface area contributed by atoms with Gasteiger partial charge in [-0.3, -0.25) is 14.6 Å². The molecule has 1 amide bonds. The average Bonchev–Trinajstić information content (AvgIpc) is 3.01. The molecule has 3 aromatic rings. The first kappa shape index (κ1) is 20.0. The SMILES string of the molecule is O=C1C(=O)N(Cc2ccc(F)cc2)C(c2cccnc2)/C1=C(/O)c1ccc(Br)cc1. The summed E-state index contributed by atoms with van der Waals surface area (Å²) >= 11 is 3.34. The van der Waals surface area contributed by atoms with E-state index in [4.69, 9.17) is 0 Å². The number of benzene rings is 2. The van der Waals surface area contributed by atoms with Crippen molar-refractivity contribution in [3.8, 4) is 0 Å². The maximum atomic E-state index is 13.3. The first-order valence-electron chi connectivity index (χ1n) is 9.14. The highest BCUT2D eigenvalue weighted by Crippen LogP contribution is 2.40. The Labute approximate surface area is 180 Å². The molecule has 1 aromatic heterocycles. The van der Waals surface area contributed by atoms with Crippen LogP contribution < -0.4 is 0 Å². The summed E-state index contributed by atoms with van der Waals surface area (Å²) in [5.41, 5.74) is 1.68. The van der Waals surface area contributed by atoms with Gasteiger partial charge in [-0.2, -0.15) is 0 Å². The Morgan fingerprint density at radius 2 is 1.77 bits per heavy atom. The minimum absolute atomic E-state index is 0.00238. The van der Waals surface area contributed by atoms with E-state index in [0.717, 1.165) is 4.47 Å². The zero-order valence-corrected chi connectivity index (χ0v) is 17.2. The second-order valence-corrected chi connectivity index (χ2v) is 7.76. The fourth-order valence-corrected chi connectivity index (χ4v) is 3.74. The number of Topliss-reactive ketones (excluding diaryl/α,β-unsaturated/α-hetero) is 1. The molecule has 1 saturated heterocycles. The summed E-state index contributed by atoms with van der Waals surface area (Å²) in [7, 11) is 0. The Morgan fingerprint density at radius 1 is 1.07 bits per heavy atom. The fourth-order valence-electron chi connectivity index (χ4n) is 3.48. The number of likely N-dealkylation sites (tertiary alicyclic amines) is 1. The van der Waals surface area contributed by atoms with Crippen molar-refractivity contribution in [2.24, 2.45) is 0 Å². The topological polar surface area (TPSA) is 70.5 Å². The van der Waals surface area contributed by atoms with Crippen molar-refractivity contribution >= 4 is 33.4 Å². The third-order valence-corrected chi connectivity index (χ3v) is 5.45. The lowest BCUT2D eigenvalue weighted by atomic mass is 9.96. The third-order valence-electron chi connectivity index (χ3n) is 4.92. The summed E-state index contributed by atoms with van der Waals surface area (Å²) in [6.45, 7) is 0.0849. The molecule has 1 atom stereocenters. The number of hydrogen-bond acceptors (Lipinski definition) is 4. The van der Waals surface area contributed by atoms with Crippen LogP contribution in [-0.2, 0) is 16.1 Å². The smallest absolute Gasteiger partial charge is 0.295 e. The summed E-state index contributed by atoms with van der Waals surface area (Å²) < 4.78 is 14.1. The van der Waals surface area contributed by atoms with Gasteiger partial charge in [-0.15, -0.1) is 0 Å². The van der Waals surface area contributed by atoms with Crippen molar-refractivity contribution in [3.63, 3.8) is 0 Å². The molecule has 0 saturated carbocycles. The molecule has 1 aliphatic rings. The molecule has 1 aliphatic heterocycles. The van der Waals surface area contributed by atoms with Gasteiger partial charge in [0, 0.05) is 29.0 Å². The lowest BCUT2D eigenvalue weighted by Gasteiger charge is -2.25. The van der Waals surface area contributed by atoms with Crippen molar-refractivity contribution in [2.45, 2.75) is 12.6 Å². The molecule has 1 N–H and O–H groups in total. The molecule has 2 heterocycles. The van der Waals surface area contributed by atoms with Crippen molar-refractivity contribution in [1.29, 1.82) is 0 Å². The zero-order valence-electron chi connectivity index (χ0n) is 15.6. The molecule has 2 aromatic carbocycles. The van der Waals surface area contributed by atoms with Crippen LogP contribution in [0.15, 0.2) is 83.1 Å². The summed E-state index contributed by atoms with van der Waals surface area (Å²) in [5, 5.41) is 10.9. The normalized spacial score (nSPS) is 18.1. The molecule has 5 nitrogen and oxygen atoms in total. The van der Waals surface area contributed by atoms with Crippen LogP contribution in [0.4, 0.5) is 4.39 Å². The minimum Gasteiger partial charge on any atom is -0.507 e. The van der Waals surface area contributed by atoms with E-state index >= 15 is 0 Å². The van der Waals surface area contributed by atoms with E-state index in [1.165, 1.54) is 17.0 Å². The van der Waals surface area contributed by atoms with Crippen LogP contribution >= 0.6 is 15.9 Å². The minimum atomic E-state index is -0.813. The number of pyridine rings is 1. The number of carbonyl (C=O) groups excluding carboxylic acids is 2. The molecule has 4 rings (SSSR count). The summed E-state index contributed by atoms with van der Waals surface area (Å²) in [4.78, 5) is 31.3. The van der Waals surface area contributed by atoms with Crippen LogP contribution in [0.5, 0.6) is 0 Å². The monoisotopic (exact) mass is 466 g/mol. The third kappa shape index (κ3) is 3.76. The summed E-state index contributed by atoms with van der Waals surface area (Å²) in [6.07, 6.45) is 3.15. The highest BCUT2D eigenvalue weighted by atomic mass is 79.9. The fraction of sp³-hybridized carbons (Fsp3) is 0.0870. The number of hydrogen-bond donors (Lipinski definition) is 1. The zero-order chi connectivity index (χ0) is 21.3. The first-order valence-corrected chi connectivity index (χ1v) is 9.93. The molecule has 1 fully saturated rings. The highest BCUT2D eigenvalue weighted by Gasteiger charge is 2.46. The summed E-state index contributed by atoms with van der Waals surface area (Å²) in [6, 6.07) is 15.1. The van der Waals surface area contributed by atoms with Gasteiger partial charge < -0.3 is 10.0 Å². The van der Waals surface area contributed by atoms with Crippen LogP contribution in [0.1, 0.15) is 22.7 Å². The van der Waals surface area contributed by atoms with Crippen molar-refractivity contribution in [3.05, 3.63) is 106 Å². The largest absolute Gasteiger partial charge is 0.507 e. The van der Waals surface area contributed by atoms with E-state index in [2.05, 4.69) is 20.9 Å². The average molecular weight is 467 g/mol. The summed E-state index contributed by atoms with van der Waals surface area (Å²) in [5.74, 6) is -2.14. The molecule has 150 valence electrons. The number of nitrogens with zero attached hydrogens (tertiary/aromatic N) is 2. The van der Waals surface area contributed by atoms with Gasteiger partial charge in [-0.05, 0) is 41.5 Å². The molecule has 0 aliphatic carbocycles. The molecule has 1 unspecified atom stereocenters. The first-order chi connectivity index (χ1) is 14.5. The second-order valence-electron chi connectivity index (χ2n) is 6.85. The second kappa shape index (κ2) is 8.20. The van der Waals surface area contributed by atoms with Crippen LogP contribution in [-0.4, -0.2) is 26.7 Å². The van der Waals surface area contributed by atoms with Crippen LogP contribution in [0.2, 0.25) is 0 Å². The van der Waals surface area contributed by atoms with Gasteiger partial charge in [0.05, 0.1) is 11.6 Å². The van der Waals surface area contributed by atoms with Gasteiger partial charge in [-0.25, -0.2) is 4.39 Å². The van der Waals surface area contributed by atoms with Gasteiger partial charge in [-0.1, -0.05) is 46.3 Å². The van der Waals surface area contributed by atoms with E-state index in [1.54, 1.807) is 60.9 Å². The number of ketones is 1. The van der Waals surface area contributed by atoms with Gasteiger partial charge in [0.15, 0.2) is 0 Å². The van der Waals surface area contributed by atoms with Crippen LogP contribution in [0.3, 0.4) is 0 Å². The molecule has 7 heteroatoms. The lowest BCUT2D eigenvalue weighted by molar-refractivity contribution is -0.140. The molecular weight excluding hydrogens is 451 g/mol. The van der Waals surface area contributed by atoms with E-state index in [9.17, 15) is 19.1 Å². The number of aliphatic hydroxyl groups is 1. The number of aliphatic hydroxyl groups excluding tert-OH is 1. The maximum absolute atomic E-state index is 13.3.